The van der Waals surface area contributed by atoms with Gasteiger partial charge in [0.15, 0.2) is 0 Å². The molecule has 0 aliphatic carbocycles. The van der Waals surface area contributed by atoms with E-state index in [1.54, 1.807) is 18.2 Å². The van der Waals surface area contributed by atoms with Gasteiger partial charge < -0.3 is 9.84 Å². The first kappa shape index (κ1) is 15.3. The zero-order chi connectivity index (χ0) is 14.5. The highest BCUT2D eigenvalue weighted by molar-refractivity contribution is 6.33. The Bertz CT molecular complexity index is 558. The molecule has 2 aromatic rings. The molecule has 0 bridgehead atoms. The number of halogens is 2. The van der Waals surface area contributed by atoms with Crippen LogP contribution in [0.25, 0.3) is 0 Å². The van der Waals surface area contributed by atoms with Crippen molar-refractivity contribution < 1.29 is 9.84 Å². The Morgan fingerprint density at radius 1 is 1.10 bits per heavy atom. The predicted octanol–water partition coefficient (Wildman–Crippen LogP) is 4.80. The molecule has 0 aliphatic rings. The molecule has 2 aromatic carbocycles. The summed E-state index contributed by atoms with van der Waals surface area (Å²) in [5.74, 6) is 0. The lowest BCUT2D eigenvalue weighted by molar-refractivity contribution is -0.0361. The van der Waals surface area contributed by atoms with Crippen molar-refractivity contribution in [3.8, 4) is 0 Å². The van der Waals surface area contributed by atoms with Gasteiger partial charge in [0.2, 0.25) is 0 Å². The first-order valence-electron chi connectivity index (χ1n) is 6.43. The van der Waals surface area contributed by atoms with Crippen LogP contribution in [-0.4, -0.2) is 11.7 Å². The van der Waals surface area contributed by atoms with Crippen LogP contribution in [0.3, 0.4) is 0 Å². The maximum atomic E-state index is 10.6. The third-order valence-electron chi connectivity index (χ3n) is 3.04. The minimum Gasteiger partial charge on any atom is -0.385 e. The fourth-order valence-electron chi connectivity index (χ4n) is 2.10. The van der Waals surface area contributed by atoms with Gasteiger partial charge in [-0.15, -0.1) is 0 Å². The minimum absolute atomic E-state index is 0.475. The van der Waals surface area contributed by atoms with Crippen molar-refractivity contribution in [1.82, 2.24) is 0 Å². The maximum Gasteiger partial charge on any atom is 0.113 e. The average molecular weight is 311 g/mol. The minimum atomic E-state index is -0.872. The predicted molar refractivity (Wildman–Crippen MR) is 82.2 cm³/mol. The summed E-state index contributed by atoms with van der Waals surface area (Å²) in [5.41, 5.74) is 1.47. The summed E-state index contributed by atoms with van der Waals surface area (Å²) < 4.78 is 5.69. The van der Waals surface area contributed by atoms with Gasteiger partial charge in [-0.05, 0) is 30.7 Å². The number of benzene rings is 2. The molecule has 0 aromatic heterocycles. The lowest BCUT2D eigenvalue weighted by Crippen LogP contribution is -2.15. The largest absolute Gasteiger partial charge is 0.385 e. The summed E-state index contributed by atoms with van der Waals surface area (Å²) in [6.07, 6.45) is -1.35. The van der Waals surface area contributed by atoms with E-state index in [-0.39, 0.29) is 0 Å². The average Bonchev–Trinajstić information content (AvgIpc) is 2.47. The molecule has 106 valence electrons. The summed E-state index contributed by atoms with van der Waals surface area (Å²) >= 11 is 12.1. The number of ether oxygens (including phenoxy) is 1. The third-order valence-corrected chi connectivity index (χ3v) is 3.62. The summed E-state index contributed by atoms with van der Waals surface area (Å²) in [6.45, 7) is 2.39. The second kappa shape index (κ2) is 7.09. The standard InChI is InChI=1S/C16H16Cl2O2/c1-2-20-16(11-6-4-3-5-7-11)15(19)13-10-12(17)8-9-14(13)18/h3-10,15-16,19H,2H2,1H3. The van der Waals surface area contributed by atoms with E-state index in [1.165, 1.54) is 0 Å². The topological polar surface area (TPSA) is 29.5 Å². The monoisotopic (exact) mass is 310 g/mol. The third kappa shape index (κ3) is 3.53. The smallest absolute Gasteiger partial charge is 0.113 e. The van der Waals surface area contributed by atoms with E-state index in [0.717, 1.165) is 5.56 Å². The second-order valence-electron chi connectivity index (χ2n) is 4.40. The Labute approximate surface area is 128 Å². The zero-order valence-corrected chi connectivity index (χ0v) is 12.6. The molecule has 2 unspecified atom stereocenters. The van der Waals surface area contributed by atoms with Crippen LogP contribution >= 0.6 is 23.2 Å². The van der Waals surface area contributed by atoms with Gasteiger partial charge >= 0.3 is 0 Å². The van der Waals surface area contributed by atoms with E-state index in [1.807, 2.05) is 37.3 Å². The Kier molecular flexibility index (Phi) is 5.44. The Morgan fingerprint density at radius 3 is 2.45 bits per heavy atom. The van der Waals surface area contributed by atoms with Gasteiger partial charge in [-0.1, -0.05) is 53.5 Å². The van der Waals surface area contributed by atoms with Crippen LogP contribution in [0.15, 0.2) is 48.5 Å². The lowest BCUT2D eigenvalue weighted by atomic mass is 9.98. The number of hydrogen-bond acceptors (Lipinski definition) is 2. The maximum absolute atomic E-state index is 10.6. The first-order chi connectivity index (χ1) is 9.63. The molecule has 0 amide bonds. The number of hydrogen-bond donors (Lipinski definition) is 1. The van der Waals surface area contributed by atoms with Gasteiger partial charge in [-0.3, -0.25) is 0 Å². The molecule has 0 saturated carbocycles. The molecule has 2 rings (SSSR count). The van der Waals surface area contributed by atoms with Crippen LogP contribution in [0.2, 0.25) is 10.0 Å². The van der Waals surface area contributed by atoms with E-state index in [0.29, 0.717) is 22.2 Å². The highest BCUT2D eigenvalue weighted by Crippen LogP contribution is 2.36. The summed E-state index contributed by atoms with van der Waals surface area (Å²) in [5, 5.41) is 11.6. The molecule has 0 heterocycles. The molecule has 0 spiro atoms. The molecule has 4 heteroatoms. The van der Waals surface area contributed by atoms with Crippen molar-refractivity contribution in [3.05, 3.63) is 69.7 Å². The van der Waals surface area contributed by atoms with Crippen LogP contribution in [-0.2, 0) is 4.74 Å². The van der Waals surface area contributed by atoms with Crippen molar-refractivity contribution in [2.24, 2.45) is 0 Å². The molecule has 0 saturated heterocycles. The quantitative estimate of drug-likeness (QED) is 0.859. The molecule has 0 fully saturated rings. The van der Waals surface area contributed by atoms with E-state index in [2.05, 4.69) is 0 Å². The number of rotatable bonds is 5. The molecular formula is C16H16Cl2O2. The highest BCUT2D eigenvalue weighted by atomic mass is 35.5. The van der Waals surface area contributed by atoms with Crippen molar-refractivity contribution in [1.29, 1.82) is 0 Å². The molecule has 0 radical (unpaired) electrons. The normalized spacial score (nSPS) is 14.0. The Morgan fingerprint density at radius 2 is 1.80 bits per heavy atom. The second-order valence-corrected chi connectivity index (χ2v) is 5.24. The molecule has 1 N–H and O–H groups in total. The number of aliphatic hydroxyl groups excluding tert-OH is 1. The highest BCUT2D eigenvalue weighted by Gasteiger charge is 2.25. The summed E-state index contributed by atoms with van der Waals surface area (Å²) in [6, 6.07) is 14.6. The molecular weight excluding hydrogens is 295 g/mol. The van der Waals surface area contributed by atoms with E-state index in [9.17, 15) is 5.11 Å². The van der Waals surface area contributed by atoms with Crippen LogP contribution in [0.4, 0.5) is 0 Å². The molecule has 2 atom stereocenters. The van der Waals surface area contributed by atoms with Gasteiger partial charge in [0.05, 0.1) is 0 Å². The lowest BCUT2D eigenvalue weighted by Gasteiger charge is -2.24. The van der Waals surface area contributed by atoms with Gasteiger partial charge in [0.1, 0.15) is 12.2 Å². The summed E-state index contributed by atoms with van der Waals surface area (Å²) in [7, 11) is 0. The van der Waals surface area contributed by atoms with Crippen LogP contribution in [0, 0.1) is 0 Å². The van der Waals surface area contributed by atoms with E-state index < -0.39 is 12.2 Å². The van der Waals surface area contributed by atoms with Crippen molar-refractivity contribution in [2.45, 2.75) is 19.1 Å². The van der Waals surface area contributed by atoms with Crippen LogP contribution < -0.4 is 0 Å². The van der Waals surface area contributed by atoms with E-state index >= 15 is 0 Å². The van der Waals surface area contributed by atoms with Crippen LogP contribution in [0.5, 0.6) is 0 Å². The van der Waals surface area contributed by atoms with Crippen LogP contribution in [0.1, 0.15) is 30.3 Å². The van der Waals surface area contributed by atoms with Gasteiger partial charge in [-0.25, -0.2) is 0 Å². The Balaban J connectivity index is 2.36. The fourth-order valence-corrected chi connectivity index (χ4v) is 2.51. The Hall–Kier alpha value is -1.06. The first-order valence-corrected chi connectivity index (χ1v) is 7.18. The fraction of sp³-hybridized carbons (Fsp3) is 0.250. The van der Waals surface area contributed by atoms with Crippen molar-refractivity contribution in [3.63, 3.8) is 0 Å². The zero-order valence-electron chi connectivity index (χ0n) is 11.1. The molecule has 0 aliphatic heterocycles. The van der Waals surface area contributed by atoms with E-state index in [4.69, 9.17) is 27.9 Å². The molecule has 20 heavy (non-hydrogen) atoms. The van der Waals surface area contributed by atoms with Crippen molar-refractivity contribution >= 4 is 23.2 Å². The van der Waals surface area contributed by atoms with Gasteiger partial charge in [0.25, 0.3) is 0 Å². The number of aliphatic hydroxyl groups is 1. The molecule has 2 nitrogen and oxygen atoms in total. The van der Waals surface area contributed by atoms with Crippen molar-refractivity contribution in [2.75, 3.05) is 6.61 Å². The van der Waals surface area contributed by atoms with Gasteiger partial charge in [-0.2, -0.15) is 0 Å². The SMILES string of the molecule is CCOC(c1ccccc1)C(O)c1cc(Cl)ccc1Cl. The van der Waals surface area contributed by atoms with Gasteiger partial charge in [0, 0.05) is 22.2 Å². The summed E-state index contributed by atoms with van der Waals surface area (Å²) in [4.78, 5) is 0.